The molecule has 1 amide bonds. The highest BCUT2D eigenvalue weighted by Crippen LogP contribution is 2.22. The summed E-state index contributed by atoms with van der Waals surface area (Å²) < 4.78 is 2.25. The van der Waals surface area contributed by atoms with E-state index < -0.39 is 11.9 Å². The molecule has 4 N–H and O–H groups in total. The largest absolute Gasteiger partial charge is 0.328 e. The number of carbonyl (C=O) groups is 1. The Kier molecular flexibility index (Phi) is 6.34. The van der Waals surface area contributed by atoms with E-state index in [9.17, 15) is 4.79 Å². The number of hydroxylamine groups is 1. The second-order valence-corrected chi connectivity index (χ2v) is 6.43. The molecule has 0 saturated heterocycles. The highest BCUT2D eigenvalue weighted by atomic mass is 16.5. The number of carbonyl (C=O) groups excluding carboxylic acids is 1. The third kappa shape index (κ3) is 4.13. The van der Waals surface area contributed by atoms with Crippen LogP contribution >= 0.6 is 0 Å². The van der Waals surface area contributed by atoms with Crippen molar-refractivity contribution in [3.05, 3.63) is 29.1 Å². The monoisotopic (exact) mass is 332 g/mol. The van der Waals surface area contributed by atoms with E-state index in [2.05, 4.69) is 37.5 Å². The Morgan fingerprint density at radius 1 is 1.33 bits per heavy atom. The zero-order valence-electron chi connectivity index (χ0n) is 14.8. The molecule has 0 unspecified atom stereocenters. The number of nitrogens with zero attached hydrogens (tertiary/aromatic N) is 2. The Labute approximate surface area is 143 Å². The van der Waals surface area contributed by atoms with Crippen LogP contribution in [0.4, 0.5) is 0 Å². The van der Waals surface area contributed by atoms with Crippen LogP contribution in [0.15, 0.2) is 12.1 Å². The number of amides is 1. The average molecular weight is 332 g/mol. The number of nitrogens with one attached hydrogen (secondary N) is 1. The number of rotatable bonds is 8. The predicted octanol–water partition coefficient (Wildman–Crippen LogP) is 2.61. The lowest BCUT2D eigenvalue weighted by atomic mass is 10.1. The molecule has 0 bridgehead atoms. The van der Waals surface area contributed by atoms with Crippen LogP contribution < -0.4 is 11.2 Å². The van der Waals surface area contributed by atoms with Crippen LogP contribution in [0.25, 0.3) is 11.0 Å². The molecular weight excluding hydrogens is 304 g/mol. The van der Waals surface area contributed by atoms with Crippen molar-refractivity contribution >= 4 is 16.9 Å². The predicted molar refractivity (Wildman–Crippen MR) is 95.0 cm³/mol. The molecule has 6 heteroatoms. The quantitative estimate of drug-likeness (QED) is 0.393. The van der Waals surface area contributed by atoms with Gasteiger partial charge in [-0.25, -0.2) is 10.5 Å². The van der Waals surface area contributed by atoms with Gasteiger partial charge in [0.25, 0.3) is 5.91 Å². The van der Waals surface area contributed by atoms with Gasteiger partial charge in [-0.05, 0) is 49.9 Å². The second-order valence-electron chi connectivity index (χ2n) is 6.43. The van der Waals surface area contributed by atoms with Crippen molar-refractivity contribution in [2.45, 2.75) is 65.5 Å². The summed E-state index contributed by atoms with van der Waals surface area (Å²) in [5.74, 6) is 0.391. The minimum absolute atomic E-state index is 0.446. The van der Waals surface area contributed by atoms with Crippen molar-refractivity contribution in [3.8, 4) is 0 Å². The van der Waals surface area contributed by atoms with Gasteiger partial charge in [-0.1, -0.05) is 19.8 Å². The maximum atomic E-state index is 11.4. The summed E-state index contributed by atoms with van der Waals surface area (Å²) in [4.78, 5) is 16.1. The van der Waals surface area contributed by atoms with Crippen molar-refractivity contribution in [1.82, 2.24) is 15.0 Å². The molecule has 0 aliphatic carbocycles. The fraction of sp³-hybridized carbons (Fsp3) is 0.556. The van der Waals surface area contributed by atoms with Crippen molar-refractivity contribution in [3.63, 3.8) is 0 Å². The van der Waals surface area contributed by atoms with Crippen LogP contribution in [0.3, 0.4) is 0 Å². The number of aromatic nitrogens is 2. The summed E-state index contributed by atoms with van der Waals surface area (Å²) >= 11 is 0. The smallest absolute Gasteiger partial charge is 0.260 e. The van der Waals surface area contributed by atoms with E-state index in [1.54, 1.807) is 5.48 Å². The molecule has 0 radical (unpaired) electrons. The lowest BCUT2D eigenvalue weighted by Crippen LogP contribution is -2.39. The minimum Gasteiger partial charge on any atom is -0.328 e. The fourth-order valence-electron chi connectivity index (χ4n) is 2.89. The molecule has 0 aliphatic heterocycles. The average Bonchev–Trinajstić information content (AvgIpc) is 2.89. The van der Waals surface area contributed by atoms with Gasteiger partial charge in [0.2, 0.25) is 0 Å². The maximum Gasteiger partial charge on any atom is 0.260 e. The van der Waals surface area contributed by atoms with Gasteiger partial charge in [-0.15, -0.1) is 0 Å². The fourth-order valence-corrected chi connectivity index (χ4v) is 2.89. The number of hydrogen-bond donors (Lipinski definition) is 3. The third-order valence-corrected chi connectivity index (χ3v) is 4.55. The molecule has 24 heavy (non-hydrogen) atoms. The molecule has 1 heterocycles. The van der Waals surface area contributed by atoms with Crippen LogP contribution in [0.1, 0.15) is 49.6 Å². The summed E-state index contributed by atoms with van der Waals surface area (Å²) in [7, 11) is 0. The SMILES string of the molecule is CCCCCn1c(CC[C@H](N)C(=O)NO)nc2cc(C)c(C)cc21. The maximum absolute atomic E-state index is 11.4. The molecule has 0 spiro atoms. The van der Waals surface area contributed by atoms with Crippen molar-refractivity contribution < 1.29 is 10.0 Å². The van der Waals surface area contributed by atoms with E-state index in [4.69, 9.17) is 15.9 Å². The first kappa shape index (κ1) is 18.4. The van der Waals surface area contributed by atoms with Gasteiger partial charge in [0, 0.05) is 13.0 Å². The van der Waals surface area contributed by atoms with Gasteiger partial charge in [-0.3, -0.25) is 10.0 Å². The Hall–Kier alpha value is -1.92. The molecule has 1 atom stereocenters. The number of nitrogens with two attached hydrogens (primary N) is 1. The van der Waals surface area contributed by atoms with E-state index in [1.807, 2.05) is 0 Å². The van der Waals surface area contributed by atoms with Gasteiger partial charge in [0.1, 0.15) is 5.82 Å². The van der Waals surface area contributed by atoms with Crippen LogP contribution in [0, 0.1) is 13.8 Å². The van der Waals surface area contributed by atoms with E-state index >= 15 is 0 Å². The summed E-state index contributed by atoms with van der Waals surface area (Å²) in [6.07, 6.45) is 4.50. The molecule has 2 aromatic rings. The first-order chi connectivity index (χ1) is 11.5. The summed E-state index contributed by atoms with van der Waals surface area (Å²) in [5.41, 5.74) is 12.0. The van der Waals surface area contributed by atoms with Crippen molar-refractivity contribution in [2.24, 2.45) is 5.73 Å². The lowest BCUT2D eigenvalue weighted by Gasteiger charge is -2.12. The van der Waals surface area contributed by atoms with E-state index in [0.717, 1.165) is 29.8 Å². The number of benzene rings is 1. The topological polar surface area (TPSA) is 93.2 Å². The number of fused-ring (bicyclic) bond motifs is 1. The summed E-state index contributed by atoms with van der Waals surface area (Å²) in [5, 5.41) is 8.68. The Bertz CT molecular complexity index is 709. The Morgan fingerprint density at radius 2 is 2.04 bits per heavy atom. The first-order valence-corrected chi connectivity index (χ1v) is 8.63. The normalized spacial score (nSPS) is 12.5. The second kappa shape index (κ2) is 8.26. The highest BCUT2D eigenvalue weighted by molar-refractivity contribution is 5.80. The first-order valence-electron chi connectivity index (χ1n) is 8.63. The van der Waals surface area contributed by atoms with Crippen LogP contribution in [0.5, 0.6) is 0 Å². The van der Waals surface area contributed by atoms with Crippen molar-refractivity contribution in [1.29, 1.82) is 0 Å². The van der Waals surface area contributed by atoms with Crippen molar-refractivity contribution in [2.75, 3.05) is 0 Å². The summed E-state index contributed by atoms with van der Waals surface area (Å²) in [6, 6.07) is 3.57. The van der Waals surface area contributed by atoms with Crippen LogP contribution in [0.2, 0.25) is 0 Å². The number of imidazole rings is 1. The van der Waals surface area contributed by atoms with E-state index in [1.165, 1.54) is 24.0 Å². The van der Waals surface area contributed by atoms with Crippen LogP contribution in [-0.2, 0) is 17.8 Å². The molecule has 6 nitrogen and oxygen atoms in total. The lowest BCUT2D eigenvalue weighted by molar-refractivity contribution is -0.130. The minimum atomic E-state index is -0.734. The zero-order chi connectivity index (χ0) is 17.7. The van der Waals surface area contributed by atoms with E-state index in [0.29, 0.717) is 12.8 Å². The molecule has 0 saturated carbocycles. The highest BCUT2D eigenvalue weighted by Gasteiger charge is 2.16. The van der Waals surface area contributed by atoms with Crippen LogP contribution in [-0.4, -0.2) is 26.7 Å². The molecule has 2 rings (SSSR count). The zero-order valence-corrected chi connectivity index (χ0v) is 14.8. The van der Waals surface area contributed by atoms with Gasteiger partial charge < -0.3 is 10.3 Å². The number of unbranched alkanes of at least 4 members (excludes halogenated alkanes) is 2. The van der Waals surface area contributed by atoms with Gasteiger partial charge in [-0.2, -0.15) is 0 Å². The molecule has 1 aromatic heterocycles. The standard InChI is InChI=1S/C18H28N4O2/c1-4-5-6-9-22-16-11-13(3)12(2)10-15(16)20-17(22)8-7-14(19)18(23)21-24/h10-11,14,24H,4-9,19H2,1-3H3,(H,21,23)/t14-/m0/s1. The van der Waals surface area contributed by atoms with E-state index in [-0.39, 0.29) is 0 Å². The number of aryl methyl sites for hydroxylation is 4. The molecule has 132 valence electrons. The Balaban J connectivity index is 2.29. The van der Waals surface area contributed by atoms with Gasteiger partial charge in [0.15, 0.2) is 0 Å². The molecule has 1 aromatic carbocycles. The molecule has 0 fully saturated rings. The third-order valence-electron chi connectivity index (χ3n) is 4.55. The Morgan fingerprint density at radius 3 is 2.71 bits per heavy atom. The molecule has 0 aliphatic rings. The van der Waals surface area contributed by atoms with Gasteiger partial charge >= 0.3 is 0 Å². The van der Waals surface area contributed by atoms with Gasteiger partial charge in [0.05, 0.1) is 17.1 Å². The molecular formula is C18H28N4O2. The number of hydrogen-bond acceptors (Lipinski definition) is 4. The summed E-state index contributed by atoms with van der Waals surface area (Å²) in [6.45, 7) is 7.31.